The molecule has 0 fully saturated rings. The lowest BCUT2D eigenvalue weighted by Crippen LogP contribution is -2.42. The number of benzene rings is 2. The highest BCUT2D eigenvalue weighted by molar-refractivity contribution is 5.78. The largest absolute Gasteiger partial charge is 0.493 e. The zero-order valence-corrected chi connectivity index (χ0v) is 16.3. The molecule has 0 aliphatic carbocycles. The third-order valence-electron chi connectivity index (χ3n) is 5.22. The van der Waals surface area contributed by atoms with Gasteiger partial charge in [0.1, 0.15) is 0 Å². The zero-order chi connectivity index (χ0) is 19.2. The highest BCUT2D eigenvalue weighted by Crippen LogP contribution is 2.37. The van der Waals surface area contributed by atoms with Crippen LogP contribution in [0.3, 0.4) is 0 Å². The van der Waals surface area contributed by atoms with E-state index in [0.717, 1.165) is 36.6 Å². The van der Waals surface area contributed by atoms with Crippen LogP contribution in [0.4, 0.5) is 0 Å². The van der Waals surface area contributed by atoms with Gasteiger partial charge in [-0.25, -0.2) is 0 Å². The summed E-state index contributed by atoms with van der Waals surface area (Å²) in [5.41, 5.74) is 3.50. The van der Waals surface area contributed by atoms with Gasteiger partial charge in [-0.2, -0.15) is 0 Å². The van der Waals surface area contributed by atoms with Crippen LogP contribution in [0.5, 0.6) is 11.5 Å². The first-order chi connectivity index (χ1) is 13.2. The first-order valence-corrected chi connectivity index (χ1v) is 9.45. The number of ether oxygens (including phenoxy) is 2. The second-order valence-corrected chi connectivity index (χ2v) is 6.77. The van der Waals surface area contributed by atoms with Crippen molar-refractivity contribution in [1.29, 1.82) is 0 Å². The fourth-order valence-corrected chi connectivity index (χ4v) is 3.75. The monoisotopic (exact) mass is 368 g/mol. The summed E-state index contributed by atoms with van der Waals surface area (Å²) >= 11 is 0. The van der Waals surface area contributed by atoms with Crippen LogP contribution in [0, 0.1) is 0 Å². The molecule has 27 heavy (non-hydrogen) atoms. The Balaban J connectivity index is 1.76. The number of hydrogen-bond acceptors (Lipinski definition) is 4. The Labute approximate surface area is 161 Å². The minimum Gasteiger partial charge on any atom is -0.493 e. The summed E-state index contributed by atoms with van der Waals surface area (Å²) in [6.45, 7) is 4.65. The van der Waals surface area contributed by atoms with Crippen LogP contribution < -0.4 is 14.8 Å². The summed E-state index contributed by atoms with van der Waals surface area (Å²) in [5, 5.41) is 3.12. The molecule has 2 aromatic carbocycles. The van der Waals surface area contributed by atoms with Gasteiger partial charge in [0, 0.05) is 13.1 Å². The van der Waals surface area contributed by atoms with Crippen LogP contribution in [0.1, 0.15) is 29.7 Å². The molecule has 0 saturated carbocycles. The van der Waals surface area contributed by atoms with E-state index in [9.17, 15) is 4.79 Å². The molecule has 0 saturated heterocycles. The van der Waals surface area contributed by atoms with E-state index in [4.69, 9.17) is 9.47 Å². The number of rotatable bonds is 7. The second kappa shape index (κ2) is 8.91. The van der Waals surface area contributed by atoms with Crippen molar-refractivity contribution in [2.75, 3.05) is 33.9 Å². The number of carbonyl (C=O) groups excluding carboxylic acids is 1. The highest BCUT2D eigenvalue weighted by atomic mass is 16.5. The standard InChI is InChI=1S/C22H28N2O3/c1-4-24-11-10-17-13-20(26-2)21(27-3)14-18(17)19(24)15-23-22(25)12-16-8-6-5-7-9-16/h5-9,13-14,19H,4,10-12,15H2,1-3H3,(H,23,25)/t19-/m0/s1. The van der Waals surface area contributed by atoms with Crippen molar-refractivity contribution in [3.63, 3.8) is 0 Å². The first kappa shape index (κ1) is 19.2. The van der Waals surface area contributed by atoms with Gasteiger partial charge in [-0.15, -0.1) is 0 Å². The average Bonchev–Trinajstić information content (AvgIpc) is 2.71. The Hall–Kier alpha value is -2.53. The number of nitrogens with one attached hydrogen (secondary N) is 1. The van der Waals surface area contributed by atoms with E-state index in [1.807, 2.05) is 30.3 Å². The van der Waals surface area contributed by atoms with Gasteiger partial charge >= 0.3 is 0 Å². The molecule has 1 aliphatic heterocycles. The molecule has 0 spiro atoms. The third kappa shape index (κ3) is 4.42. The maximum absolute atomic E-state index is 12.4. The lowest BCUT2D eigenvalue weighted by atomic mass is 9.91. The van der Waals surface area contributed by atoms with Crippen molar-refractivity contribution in [1.82, 2.24) is 10.2 Å². The summed E-state index contributed by atoms with van der Waals surface area (Å²) in [4.78, 5) is 14.8. The quantitative estimate of drug-likeness (QED) is 0.816. The molecular formula is C22H28N2O3. The lowest BCUT2D eigenvalue weighted by molar-refractivity contribution is -0.120. The SMILES string of the molecule is CCN1CCc2cc(OC)c(OC)cc2[C@@H]1CNC(=O)Cc1ccccc1. The smallest absolute Gasteiger partial charge is 0.224 e. The van der Waals surface area contributed by atoms with Gasteiger partial charge in [-0.1, -0.05) is 37.3 Å². The number of hydrogen-bond donors (Lipinski definition) is 1. The maximum Gasteiger partial charge on any atom is 0.224 e. The van der Waals surface area contributed by atoms with Crippen molar-refractivity contribution in [3.05, 3.63) is 59.2 Å². The molecule has 1 amide bonds. The Bertz CT molecular complexity index is 777. The van der Waals surface area contributed by atoms with E-state index in [2.05, 4.69) is 29.3 Å². The summed E-state index contributed by atoms with van der Waals surface area (Å²) in [6.07, 6.45) is 1.37. The summed E-state index contributed by atoms with van der Waals surface area (Å²) in [7, 11) is 3.31. The lowest BCUT2D eigenvalue weighted by Gasteiger charge is -2.37. The van der Waals surface area contributed by atoms with Gasteiger partial charge in [0.2, 0.25) is 5.91 Å². The predicted octanol–water partition coefficient (Wildman–Crippen LogP) is 2.98. The van der Waals surface area contributed by atoms with Gasteiger partial charge in [-0.3, -0.25) is 9.69 Å². The zero-order valence-electron chi connectivity index (χ0n) is 16.3. The predicted molar refractivity (Wildman–Crippen MR) is 106 cm³/mol. The Kier molecular flexibility index (Phi) is 6.35. The van der Waals surface area contributed by atoms with Crippen molar-refractivity contribution in [3.8, 4) is 11.5 Å². The number of methoxy groups -OCH3 is 2. The molecule has 0 unspecified atom stereocenters. The van der Waals surface area contributed by atoms with Crippen LogP contribution in [-0.4, -0.2) is 44.7 Å². The number of likely N-dealkylation sites (N-methyl/N-ethyl adjacent to an activating group) is 1. The number of carbonyl (C=O) groups is 1. The van der Waals surface area contributed by atoms with Crippen molar-refractivity contribution < 1.29 is 14.3 Å². The summed E-state index contributed by atoms with van der Waals surface area (Å²) < 4.78 is 10.9. The van der Waals surface area contributed by atoms with E-state index in [-0.39, 0.29) is 11.9 Å². The van der Waals surface area contributed by atoms with Crippen LogP contribution in [-0.2, 0) is 17.6 Å². The molecule has 2 aromatic rings. The van der Waals surface area contributed by atoms with Crippen LogP contribution in [0.2, 0.25) is 0 Å². The fourth-order valence-electron chi connectivity index (χ4n) is 3.75. The minimum absolute atomic E-state index is 0.0462. The Morgan fingerprint density at radius 1 is 1.15 bits per heavy atom. The van der Waals surface area contributed by atoms with Gasteiger partial charge in [0.05, 0.1) is 26.7 Å². The Morgan fingerprint density at radius 3 is 2.52 bits per heavy atom. The van der Waals surface area contributed by atoms with Gasteiger partial charge in [-0.05, 0) is 41.8 Å². The summed E-state index contributed by atoms with van der Waals surface area (Å²) in [5.74, 6) is 1.53. The molecule has 0 aromatic heterocycles. The highest BCUT2D eigenvalue weighted by Gasteiger charge is 2.28. The summed E-state index contributed by atoms with van der Waals surface area (Å²) in [6, 6.07) is 14.1. The number of amides is 1. The van der Waals surface area contributed by atoms with Crippen LogP contribution in [0.25, 0.3) is 0 Å². The molecular weight excluding hydrogens is 340 g/mol. The number of fused-ring (bicyclic) bond motifs is 1. The van der Waals surface area contributed by atoms with Gasteiger partial charge in [0.25, 0.3) is 0 Å². The molecule has 5 heteroatoms. The second-order valence-electron chi connectivity index (χ2n) is 6.77. The van der Waals surface area contributed by atoms with Crippen molar-refractivity contribution >= 4 is 5.91 Å². The molecule has 1 atom stereocenters. The Morgan fingerprint density at radius 2 is 1.85 bits per heavy atom. The molecule has 5 nitrogen and oxygen atoms in total. The first-order valence-electron chi connectivity index (χ1n) is 9.45. The third-order valence-corrected chi connectivity index (χ3v) is 5.22. The number of nitrogens with zero attached hydrogens (tertiary/aromatic N) is 1. The molecule has 1 N–H and O–H groups in total. The van der Waals surface area contributed by atoms with E-state index < -0.39 is 0 Å². The topological polar surface area (TPSA) is 50.8 Å². The van der Waals surface area contributed by atoms with Crippen molar-refractivity contribution in [2.45, 2.75) is 25.8 Å². The molecule has 0 radical (unpaired) electrons. The van der Waals surface area contributed by atoms with E-state index in [0.29, 0.717) is 13.0 Å². The fraction of sp³-hybridized carbons (Fsp3) is 0.409. The molecule has 1 aliphatic rings. The normalized spacial score (nSPS) is 16.5. The minimum atomic E-state index is 0.0462. The van der Waals surface area contributed by atoms with Gasteiger partial charge < -0.3 is 14.8 Å². The maximum atomic E-state index is 12.4. The molecule has 3 rings (SSSR count). The molecule has 144 valence electrons. The molecule has 0 bridgehead atoms. The van der Waals surface area contributed by atoms with E-state index >= 15 is 0 Å². The van der Waals surface area contributed by atoms with Gasteiger partial charge in [0.15, 0.2) is 11.5 Å². The average molecular weight is 368 g/mol. The van der Waals surface area contributed by atoms with Crippen LogP contribution in [0.15, 0.2) is 42.5 Å². The van der Waals surface area contributed by atoms with E-state index in [1.165, 1.54) is 11.1 Å². The molecule has 1 heterocycles. The van der Waals surface area contributed by atoms with Crippen molar-refractivity contribution in [2.24, 2.45) is 0 Å². The van der Waals surface area contributed by atoms with Crippen LogP contribution >= 0.6 is 0 Å². The van der Waals surface area contributed by atoms with E-state index in [1.54, 1.807) is 14.2 Å².